The Morgan fingerprint density at radius 1 is 0.900 bits per heavy atom. The largest absolute Gasteiger partial charge is 0.342 e. The van der Waals surface area contributed by atoms with Crippen LogP contribution < -0.4 is 5.32 Å². The molecule has 0 aliphatic carbocycles. The summed E-state index contributed by atoms with van der Waals surface area (Å²) >= 11 is 12.3. The van der Waals surface area contributed by atoms with Crippen molar-refractivity contribution in [1.82, 2.24) is 19.4 Å². The Morgan fingerprint density at radius 2 is 1.65 bits per heavy atom. The highest BCUT2D eigenvalue weighted by Crippen LogP contribution is 2.27. The lowest BCUT2D eigenvalue weighted by Crippen LogP contribution is -2.29. The maximum absolute atomic E-state index is 13.8. The van der Waals surface area contributed by atoms with Crippen molar-refractivity contribution in [2.75, 3.05) is 0 Å². The van der Waals surface area contributed by atoms with Gasteiger partial charge in [-0.3, -0.25) is 9.59 Å². The fourth-order valence-corrected chi connectivity index (χ4v) is 5.63. The van der Waals surface area contributed by atoms with Crippen LogP contribution >= 0.6 is 23.2 Å². The van der Waals surface area contributed by atoms with Crippen LogP contribution in [0.25, 0.3) is 16.7 Å². The summed E-state index contributed by atoms with van der Waals surface area (Å²) in [6.45, 7) is 10.1. The number of fused-ring (bicyclic) bond motifs is 1. The summed E-state index contributed by atoms with van der Waals surface area (Å²) in [5.41, 5.74) is 7.86. The molecule has 0 spiro atoms. The van der Waals surface area contributed by atoms with Gasteiger partial charge in [0.1, 0.15) is 5.82 Å². The van der Waals surface area contributed by atoms with Crippen LogP contribution in [0.3, 0.4) is 0 Å². The lowest BCUT2D eigenvalue weighted by atomic mass is 10.1. The molecule has 1 atom stereocenters. The molecule has 0 bridgehead atoms. The van der Waals surface area contributed by atoms with Crippen molar-refractivity contribution in [2.45, 2.75) is 47.2 Å². The fourth-order valence-electron chi connectivity index (χ4n) is 5.14. The van der Waals surface area contributed by atoms with Crippen LogP contribution in [0.5, 0.6) is 0 Å². The predicted molar refractivity (Wildman–Crippen MR) is 161 cm³/mol. The monoisotopic (exact) mass is 572 g/mol. The van der Waals surface area contributed by atoms with E-state index in [4.69, 9.17) is 28.2 Å². The molecule has 8 heteroatoms. The molecule has 0 saturated carbocycles. The number of nitrogens with one attached hydrogen (secondary N) is 1. The van der Waals surface area contributed by atoms with E-state index in [-0.39, 0.29) is 23.3 Å². The van der Waals surface area contributed by atoms with E-state index in [1.165, 1.54) is 17.2 Å². The number of rotatable bonds is 7. The molecule has 1 unspecified atom stereocenters. The number of carbonyl (C=O) groups is 2. The lowest BCUT2D eigenvalue weighted by Gasteiger charge is -2.17. The van der Waals surface area contributed by atoms with Crippen LogP contribution in [0.1, 0.15) is 62.0 Å². The van der Waals surface area contributed by atoms with Gasteiger partial charge in [0.05, 0.1) is 34.2 Å². The number of para-hydroxylation sites is 2. The SMILES string of the molecule is Cc1ccc(-n2c(C)cc(C(=O)Cn3c(C(C)NC(=O)c4ccc(Cl)cc4Cl)nc4ccccc43)c2C)cc1C. The summed E-state index contributed by atoms with van der Waals surface area (Å²) in [5.74, 6) is 0.193. The summed E-state index contributed by atoms with van der Waals surface area (Å²) in [6.07, 6.45) is 0. The zero-order valence-electron chi connectivity index (χ0n) is 23.0. The van der Waals surface area contributed by atoms with Gasteiger partial charge in [-0.1, -0.05) is 41.4 Å². The van der Waals surface area contributed by atoms with Crippen LogP contribution in [-0.4, -0.2) is 25.8 Å². The Morgan fingerprint density at radius 3 is 2.38 bits per heavy atom. The normalized spacial score (nSPS) is 12.1. The summed E-state index contributed by atoms with van der Waals surface area (Å²) in [5, 5.41) is 3.69. The van der Waals surface area contributed by atoms with Crippen molar-refractivity contribution in [1.29, 1.82) is 0 Å². The maximum atomic E-state index is 13.8. The molecular weight excluding hydrogens is 543 g/mol. The Hall–Kier alpha value is -3.87. The highest BCUT2D eigenvalue weighted by molar-refractivity contribution is 6.36. The number of nitrogens with zero attached hydrogens (tertiary/aromatic N) is 3. The number of Topliss-reactive ketones (excluding diaryl/α,β-unsaturated/α-hetero) is 1. The van der Waals surface area contributed by atoms with Gasteiger partial charge in [0.2, 0.25) is 0 Å². The molecule has 204 valence electrons. The Bertz CT molecular complexity index is 1780. The van der Waals surface area contributed by atoms with E-state index in [1.807, 2.05) is 55.7 Å². The second-order valence-corrected chi connectivity index (χ2v) is 11.0. The molecule has 0 aliphatic heterocycles. The average Bonchev–Trinajstić information content (AvgIpc) is 3.42. The van der Waals surface area contributed by atoms with E-state index in [0.717, 1.165) is 28.1 Å². The topological polar surface area (TPSA) is 68.9 Å². The van der Waals surface area contributed by atoms with Crippen molar-refractivity contribution in [3.63, 3.8) is 0 Å². The third kappa shape index (κ3) is 5.17. The molecule has 40 heavy (non-hydrogen) atoms. The highest BCUT2D eigenvalue weighted by atomic mass is 35.5. The lowest BCUT2D eigenvalue weighted by molar-refractivity contribution is 0.0938. The first-order chi connectivity index (χ1) is 19.0. The molecular formula is C32H30Cl2N4O2. The van der Waals surface area contributed by atoms with Gasteiger partial charge in [-0.05, 0) is 94.3 Å². The zero-order valence-corrected chi connectivity index (χ0v) is 24.6. The summed E-state index contributed by atoms with van der Waals surface area (Å²) in [6, 6.07) is 20.2. The number of imidazole rings is 1. The molecule has 1 N–H and O–H groups in total. The third-order valence-corrected chi connectivity index (χ3v) is 7.92. The van der Waals surface area contributed by atoms with Crippen molar-refractivity contribution in [3.8, 4) is 5.69 Å². The molecule has 0 saturated heterocycles. The first kappa shape index (κ1) is 27.7. The highest BCUT2D eigenvalue weighted by Gasteiger charge is 2.24. The van der Waals surface area contributed by atoms with Crippen LogP contribution in [0.4, 0.5) is 0 Å². The fraction of sp³-hybridized carbons (Fsp3) is 0.219. The second kappa shape index (κ2) is 11.0. The number of hydrogen-bond acceptors (Lipinski definition) is 3. The quantitative estimate of drug-likeness (QED) is 0.203. The number of aromatic nitrogens is 3. The van der Waals surface area contributed by atoms with Gasteiger partial charge in [0.25, 0.3) is 5.91 Å². The molecule has 6 nitrogen and oxygen atoms in total. The second-order valence-electron chi connectivity index (χ2n) is 10.2. The molecule has 5 rings (SSSR count). The molecule has 0 radical (unpaired) electrons. The average molecular weight is 574 g/mol. The molecule has 2 heterocycles. The van der Waals surface area contributed by atoms with E-state index in [0.29, 0.717) is 22.0 Å². The summed E-state index contributed by atoms with van der Waals surface area (Å²) in [4.78, 5) is 31.7. The van der Waals surface area contributed by atoms with Crippen molar-refractivity contribution in [3.05, 3.63) is 116 Å². The van der Waals surface area contributed by atoms with E-state index >= 15 is 0 Å². The van der Waals surface area contributed by atoms with E-state index in [1.54, 1.807) is 12.1 Å². The van der Waals surface area contributed by atoms with Gasteiger partial charge < -0.3 is 14.5 Å². The number of ketones is 1. The van der Waals surface area contributed by atoms with Gasteiger partial charge in [-0.15, -0.1) is 0 Å². The van der Waals surface area contributed by atoms with Crippen molar-refractivity contribution >= 4 is 45.9 Å². The molecule has 0 fully saturated rings. The number of aryl methyl sites for hydroxylation is 3. The predicted octanol–water partition coefficient (Wildman–Crippen LogP) is 7.74. The smallest absolute Gasteiger partial charge is 0.253 e. The number of carbonyl (C=O) groups excluding carboxylic acids is 2. The first-order valence-corrected chi connectivity index (χ1v) is 13.8. The number of halogens is 2. The third-order valence-electron chi connectivity index (χ3n) is 7.38. The first-order valence-electron chi connectivity index (χ1n) is 13.1. The summed E-state index contributed by atoms with van der Waals surface area (Å²) < 4.78 is 4.00. The Labute approximate surface area is 243 Å². The van der Waals surface area contributed by atoms with E-state index in [9.17, 15) is 9.59 Å². The Balaban J connectivity index is 1.48. The van der Waals surface area contributed by atoms with Gasteiger partial charge in [0, 0.05) is 27.7 Å². The minimum absolute atomic E-state index is 0.0353. The minimum atomic E-state index is -0.498. The van der Waals surface area contributed by atoms with Crippen molar-refractivity contribution < 1.29 is 9.59 Å². The van der Waals surface area contributed by atoms with Gasteiger partial charge >= 0.3 is 0 Å². The van der Waals surface area contributed by atoms with Crippen LogP contribution in [0, 0.1) is 27.7 Å². The number of hydrogen-bond donors (Lipinski definition) is 1. The minimum Gasteiger partial charge on any atom is -0.342 e. The van der Waals surface area contributed by atoms with Crippen molar-refractivity contribution in [2.24, 2.45) is 0 Å². The molecule has 1 amide bonds. The standard InChI is InChI=1S/C32H30Cl2N4O2/c1-18-10-12-24(14-19(18)2)38-20(3)15-26(22(38)5)30(39)17-37-29-9-7-6-8-28(29)36-31(37)21(4)35-32(40)25-13-11-23(33)16-27(25)34/h6-16,21H,17H2,1-5H3,(H,35,40). The Kier molecular flexibility index (Phi) is 7.58. The summed E-state index contributed by atoms with van der Waals surface area (Å²) in [7, 11) is 0. The van der Waals surface area contributed by atoms with Gasteiger partial charge in [-0.2, -0.15) is 0 Å². The van der Waals surface area contributed by atoms with Crippen LogP contribution in [0.2, 0.25) is 10.0 Å². The van der Waals surface area contributed by atoms with Gasteiger partial charge in [-0.25, -0.2) is 4.98 Å². The molecule has 2 aromatic heterocycles. The molecule has 3 aromatic carbocycles. The maximum Gasteiger partial charge on any atom is 0.253 e. The van der Waals surface area contributed by atoms with E-state index in [2.05, 4.69) is 41.9 Å². The van der Waals surface area contributed by atoms with E-state index < -0.39 is 6.04 Å². The number of amides is 1. The van der Waals surface area contributed by atoms with Gasteiger partial charge in [0.15, 0.2) is 5.78 Å². The van der Waals surface area contributed by atoms with Crippen LogP contribution in [0.15, 0.2) is 66.7 Å². The molecule has 0 aliphatic rings. The zero-order chi connectivity index (χ0) is 28.7. The molecule has 5 aromatic rings. The van der Waals surface area contributed by atoms with Crippen LogP contribution in [-0.2, 0) is 6.54 Å². The number of benzene rings is 3.